The average Bonchev–Trinajstić information content (AvgIpc) is 2.56. The number of aryl methyl sites for hydroxylation is 1. The van der Waals surface area contributed by atoms with Crippen molar-refractivity contribution < 1.29 is 13.2 Å². The van der Waals surface area contributed by atoms with Crippen LogP contribution in [0.15, 0.2) is 53.4 Å². The first-order valence-electron chi connectivity index (χ1n) is 7.81. The molecule has 1 N–H and O–H groups in total. The first-order valence-corrected chi connectivity index (χ1v) is 9.30. The Labute approximate surface area is 138 Å². The number of sulfonamides is 1. The molecule has 0 unspecified atom stereocenters. The lowest BCUT2D eigenvalue weighted by Gasteiger charge is -2.11. The van der Waals surface area contributed by atoms with E-state index < -0.39 is 10.0 Å². The molecule has 4 nitrogen and oxygen atoms in total. The number of anilines is 1. The molecule has 0 fully saturated rings. The molecule has 124 valence electrons. The van der Waals surface area contributed by atoms with Gasteiger partial charge in [0.15, 0.2) is 0 Å². The highest BCUT2D eigenvalue weighted by atomic mass is 32.2. The fourth-order valence-electron chi connectivity index (χ4n) is 2.37. The van der Waals surface area contributed by atoms with Gasteiger partial charge in [-0.2, -0.15) is 0 Å². The van der Waals surface area contributed by atoms with E-state index in [-0.39, 0.29) is 4.90 Å². The highest BCUT2D eigenvalue weighted by Gasteiger charge is 2.18. The van der Waals surface area contributed by atoms with Gasteiger partial charge in [0.05, 0.1) is 7.11 Å². The summed E-state index contributed by atoms with van der Waals surface area (Å²) in [6.45, 7) is 2.18. The number of rotatable bonds is 8. The van der Waals surface area contributed by atoms with Crippen molar-refractivity contribution in [3.8, 4) is 5.75 Å². The Kier molecular flexibility index (Phi) is 6.04. The second-order valence-corrected chi connectivity index (χ2v) is 7.06. The zero-order valence-corrected chi connectivity index (χ0v) is 14.4. The number of ether oxygens (including phenoxy) is 1. The number of nitrogens with one attached hydrogen (secondary N) is 1. The van der Waals surface area contributed by atoms with E-state index in [0.717, 1.165) is 12.8 Å². The van der Waals surface area contributed by atoms with Crippen LogP contribution in [0.5, 0.6) is 5.75 Å². The van der Waals surface area contributed by atoms with Crippen molar-refractivity contribution in [1.29, 1.82) is 0 Å². The van der Waals surface area contributed by atoms with E-state index in [1.807, 2.05) is 12.1 Å². The van der Waals surface area contributed by atoms with Crippen LogP contribution in [-0.4, -0.2) is 15.5 Å². The minimum Gasteiger partial charge on any atom is -0.495 e. The smallest absolute Gasteiger partial charge is 0.265 e. The third-order valence-corrected chi connectivity index (χ3v) is 5.05. The summed E-state index contributed by atoms with van der Waals surface area (Å²) in [5.74, 6) is 0.330. The molecule has 0 atom stereocenters. The molecule has 0 saturated carbocycles. The van der Waals surface area contributed by atoms with Crippen LogP contribution in [0.1, 0.15) is 31.7 Å². The second-order valence-electron chi connectivity index (χ2n) is 5.41. The predicted molar refractivity (Wildman–Crippen MR) is 93.5 cm³/mol. The quantitative estimate of drug-likeness (QED) is 0.736. The first-order chi connectivity index (χ1) is 11.1. The Balaban J connectivity index is 2.11. The molecule has 2 rings (SSSR count). The predicted octanol–water partition coefficient (Wildman–Crippen LogP) is 4.23. The number of methoxy groups -OCH3 is 1. The maximum Gasteiger partial charge on any atom is 0.265 e. The number of hydrogen-bond acceptors (Lipinski definition) is 3. The molecule has 0 aliphatic heterocycles. The molecule has 0 aromatic heterocycles. The minimum atomic E-state index is -3.66. The van der Waals surface area contributed by atoms with Gasteiger partial charge in [0, 0.05) is 5.69 Å². The minimum absolute atomic E-state index is 0.134. The Morgan fingerprint density at radius 3 is 2.35 bits per heavy atom. The van der Waals surface area contributed by atoms with Crippen molar-refractivity contribution in [2.75, 3.05) is 11.8 Å². The van der Waals surface area contributed by atoms with Crippen LogP contribution in [0.4, 0.5) is 5.69 Å². The van der Waals surface area contributed by atoms with Crippen molar-refractivity contribution in [2.45, 2.75) is 37.5 Å². The van der Waals surface area contributed by atoms with Gasteiger partial charge in [0.2, 0.25) is 0 Å². The lowest BCUT2D eigenvalue weighted by molar-refractivity contribution is 0.403. The Hall–Kier alpha value is -2.01. The van der Waals surface area contributed by atoms with Crippen LogP contribution in [0.3, 0.4) is 0 Å². The molecule has 2 aromatic rings. The molecular formula is C18H23NO3S. The molecule has 2 aromatic carbocycles. The summed E-state index contributed by atoms with van der Waals surface area (Å²) in [6, 6.07) is 14.1. The zero-order valence-electron chi connectivity index (χ0n) is 13.6. The van der Waals surface area contributed by atoms with E-state index in [4.69, 9.17) is 4.74 Å². The molecule has 0 heterocycles. The van der Waals surface area contributed by atoms with Gasteiger partial charge in [0.1, 0.15) is 10.6 Å². The van der Waals surface area contributed by atoms with E-state index in [1.165, 1.54) is 31.6 Å². The molecular weight excluding hydrogens is 310 g/mol. The van der Waals surface area contributed by atoms with E-state index in [1.54, 1.807) is 30.3 Å². The standard InChI is InChI=1S/C18H23NO3S/c1-3-4-5-8-15-11-13-16(14-12-15)19-23(20,21)18-10-7-6-9-17(18)22-2/h6-7,9-14,19H,3-5,8H2,1-2H3. The van der Waals surface area contributed by atoms with E-state index in [2.05, 4.69) is 11.6 Å². The SMILES string of the molecule is CCCCCc1ccc(NS(=O)(=O)c2ccccc2OC)cc1. The molecule has 0 saturated heterocycles. The first kappa shape index (κ1) is 17.3. The Morgan fingerprint density at radius 1 is 1.00 bits per heavy atom. The molecule has 0 spiro atoms. The molecule has 0 aliphatic carbocycles. The Bertz CT molecular complexity index is 724. The van der Waals surface area contributed by atoms with Gasteiger partial charge in [-0.05, 0) is 42.7 Å². The summed E-state index contributed by atoms with van der Waals surface area (Å²) < 4.78 is 32.7. The van der Waals surface area contributed by atoms with Crippen LogP contribution in [0.2, 0.25) is 0 Å². The number of hydrogen-bond donors (Lipinski definition) is 1. The van der Waals surface area contributed by atoms with Crippen LogP contribution in [-0.2, 0) is 16.4 Å². The molecule has 23 heavy (non-hydrogen) atoms. The van der Waals surface area contributed by atoms with Crippen LogP contribution in [0, 0.1) is 0 Å². The lowest BCUT2D eigenvalue weighted by Crippen LogP contribution is -2.14. The van der Waals surface area contributed by atoms with Crippen LogP contribution < -0.4 is 9.46 Å². The van der Waals surface area contributed by atoms with Crippen LogP contribution >= 0.6 is 0 Å². The number of benzene rings is 2. The summed E-state index contributed by atoms with van der Waals surface area (Å²) in [5.41, 5.74) is 1.77. The van der Waals surface area contributed by atoms with E-state index in [9.17, 15) is 8.42 Å². The summed E-state index contributed by atoms with van der Waals surface area (Å²) >= 11 is 0. The topological polar surface area (TPSA) is 55.4 Å². The molecule has 0 radical (unpaired) electrons. The van der Waals surface area contributed by atoms with Gasteiger partial charge in [-0.25, -0.2) is 8.42 Å². The molecule has 0 aliphatic rings. The van der Waals surface area contributed by atoms with E-state index >= 15 is 0 Å². The molecule has 0 bridgehead atoms. The highest BCUT2D eigenvalue weighted by molar-refractivity contribution is 7.92. The Morgan fingerprint density at radius 2 is 1.70 bits per heavy atom. The maximum absolute atomic E-state index is 12.5. The molecule has 0 amide bonds. The van der Waals surface area contributed by atoms with Gasteiger partial charge >= 0.3 is 0 Å². The number of para-hydroxylation sites is 1. The molecule has 5 heteroatoms. The van der Waals surface area contributed by atoms with E-state index in [0.29, 0.717) is 11.4 Å². The van der Waals surface area contributed by atoms with Gasteiger partial charge in [-0.15, -0.1) is 0 Å². The fourth-order valence-corrected chi connectivity index (χ4v) is 3.60. The maximum atomic E-state index is 12.5. The summed E-state index contributed by atoms with van der Waals surface area (Å²) in [7, 11) is -2.21. The average molecular weight is 333 g/mol. The van der Waals surface area contributed by atoms with Gasteiger partial charge in [-0.3, -0.25) is 4.72 Å². The van der Waals surface area contributed by atoms with Gasteiger partial charge in [0.25, 0.3) is 10.0 Å². The third kappa shape index (κ3) is 4.73. The third-order valence-electron chi connectivity index (χ3n) is 3.63. The lowest BCUT2D eigenvalue weighted by atomic mass is 10.1. The largest absolute Gasteiger partial charge is 0.495 e. The van der Waals surface area contributed by atoms with Gasteiger partial charge < -0.3 is 4.74 Å². The second kappa shape index (κ2) is 8.02. The van der Waals surface area contributed by atoms with Crippen molar-refractivity contribution in [3.05, 3.63) is 54.1 Å². The summed E-state index contributed by atoms with van der Waals surface area (Å²) in [6.07, 6.45) is 4.58. The fraction of sp³-hybridized carbons (Fsp3) is 0.333. The summed E-state index contributed by atoms with van der Waals surface area (Å²) in [5, 5.41) is 0. The van der Waals surface area contributed by atoms with Crippen molar-refractivity contribution in [2.24, 2.45) is 0 Å². The normalized spacial score (nSPS) is 11.2. The van der Waals surface area contributed by atoms with Crippen molar-refractivity contribution in [3.63, 3.8) is 0 Å². The van der Waals surface area contributed by atoms with Crippen LogP contribution in [0.25, 0.3) is 0 Å². The zero-order chi connectivity index (χ0) is 16.7. The summed E-state index contributed by atoms with van der Waals surface area (Å²) in [4.78, 5) is 0.134. The monoisotopic (exact) mass is 333 g/mol. The van der Waals surface area contributed by atoms with Gasteiger partial charge in [-0.1, -0.05) is 44.0 Å². The van der Waals surface area contributed by atoms with Crippen molar-refractivity contribution in [1.82, 2.24) is 0 Å². The van der Waals surface area contributed by atoms with Crippen molar-refractivity contribution >= 4 is 15.7 Å². The number of unbranched alkanes of at least 4 members (excludes halogenated alkanes) is 2. The highest BCUT2D eigenvalue weighted by Crippen LogP contribution is 2.25.